The highest BCUT2D eigenvalue weighted by molar-refractivity contribution is 7.80. The van der Waals surface area contributed by atoms with E-state index < -0.39 is 0 Å². The van der Waals surface area contributed by atoms with Crippen LogP contribution < -0.4 is 0 Å². The Morgan fingerprint density at radius 1 is 1.14 bits per heavy atom. The molecule has 0 aliphatic heterocycles. The first-order valence-electron chi connectivity index (χ1n) is 5.29. The van der Waals surface area contributed by atoms with Gasteiger partial charge in [0.2, 0.25) is 0 Å². The summed E-state index contributed by atoms with van der Waals surface area (Å²) in [5, 5.41) is 9.43. The highest BCUT2D eigenvalue weighted by atomic mass is 32.1. The Hall–Kier alpha value is -0.630. The summed E-state index contributed by atoms with van der Waals surface area (Å²) in [6.07, 6.45) is 6.48. The molecule has 1 fully saturated rings. The molecule has 2 rings (SSSR count). The maximum absolute atomic E-state index is 9.43. The highest BCUT2D eigenvalue weighted by Gasteiger charge is 2.17. The Balaban J connectivity index is 2.24. The fourth-order valence-electron chi connectivity index (χ4n) is 2.28. The first-order valence-corrected chi connectivity index (χ1v) is 5.74. The van der Waals surface area contributed by atoms with Crippen LogP contribution in [0.2, 0.25) is 0 Å². The van der Waals surface area contributed by atoms with Gasteiger partial charge in [-0.1, -0.05) is 19.3 Å². The molecule has 14 heavy (non-hydrogen) atoms. The molecule has 0 bridgehead atoms. The molecule has 0 heterocycles. The van der Waals surface area contributed by atoms with E-state index in [1.165, 1.54) is 37.7 Å². The third-order valence-corrected chi connectivity index (χ3v) is 3.46. The summed E-state index contributed by atoms with van der Waals surface area (Å²) in [6, 6.07) is 5.47. The van der Waals surface area contributed by atoms with Gasteiger partial charge in [-0.2, -0.15) is 0 Å². The van der Waals surface area contributed by atoms with Crippen molar-refractivity contribution in [2.75, 3.05) is 0 Å². The van der Waals surface area contributed by atoms with E-state index in [9.17, 15) is 5.11 Å². The van der Waals surface area contributed by atoms with Gasteiger partial charge in [-0.05, 0) is 42.5 Å². The van der Waals surface area contributed by atoms with Crippen LogP contribution in [0.15, 0.2) is 23.1 Å². The van der Waals surface area contributed by atoms with Crippen LogP contribution in [0.3, 0.4) is 0 Å². The Bertz CT molecular complexity index is 316. The lowest BCUT2D eigenvalue weighted by Gasteiger charge is -2.23. The zero-order valence-corrected chi connectivity index (χ0v) is 9.13. The Morgan fingerprint density at radius 2 is 1.86 bits per heavy atom. The number of benzene rings is 1. The van der Waals surface area contributed by atoms with Gasteiger partial charge in [0.1, 0.15) is 5.75 Å². The van der Waals surface area contributed by atoms with Crippen molar-refractivity contribution in [1.29, 1.82) is 0 Å². The van der Waals surface area contributed by atoms with Crippen molar-refractivity contribution in [3.63, 3.8) is 0 Å². The van der Waals surface area contributed by atoms with Crippen LogP contribution in [0.1, 0.15) is 43.6 Å². The summed E-state index contributed by atoms with van der Waals surface area (Å²) >= 11 is 4.44. The molecular weight excluding hydrogens is 192 g/mol. The van der Waals surface area contributed by atoms with E-state index in [1.807, 2.05) is 12.1 Å². The smallest absolute Gasteiger partial charge is 0.115 e. The molecule has 0 atom stereocenters. The lowest BCUT2D eigenvalue weighted by atomic mass is 9.84. The molecule has 1 N–H and O–H groups in total. The van der Waals surface area contributed by atoms with Gasteiger partial charge >= 0.3 is 0 Å². The standard InChI is InChI=1S/C12H16OS/c13-10-6-7-12(14)11(8-10)9-4-2-1-3-5-9/h6-9,13-14H,1-5H2. The second-order valence-corrected chi connectivity index (χ2v) is 4.56. The van der Waals surface area contributed by atoms with Crippen LogP contribution in [-0.2, 0) is 0 Å². The molecule has 1 nitrogen and oxygen atoms in total. The third-order valence-electron chi connectivity index (χ3n) is 3.06. The predicted molar refractivity (Wildman–Crippen MR) is 61.2 cm³/mol. The molecule has 0 unspecified atom stereocenters. The molecule has 1 aliphatic rings. The van der Waals surface area contributed by atoms with Gasteiger partial charge < -0.3 is 5.11 Å². The minimum atomic E-state index is 0.364. The summed E-state index contributed by atoms with van der Waals surface area (Å²) in [7, 11) is 0. The molecule has 0 amide bonds. The van der Waals surface area contributed by atoms with Crippen molar-refractivity contribution in [2.24, 2.45) is 0 Å². The zero-order valence-electron chi connectivity index (χ0n) is 8.24. The number of phenols is 1. The van der Waals surface area contributed by atoms with E-state index >= 15 is 0 Å². The summed E-state index contributed by atoms with van der Waals surface area (Å²) in [5.41, 5.74) is 1.23. The van der Waals surface area contributed by atoms with E-state index in [1.54, 1.807) is 6.07 Å². The van der Waals surface area contributed by atoms with Gasteiger partial charge in [0.25, 0.3) is 0 Å². The van der Waals surface area contributed by atoms with E-state index in [2.05, 4.69) is 12.6 Å². The van der Waals surface area contributed by atoms with Gasteiger partial charge in [-0.3, -0.25) is 0 Å². The Labute approximate surface area is 90.6 Å². The van der Waals surface area contributed by atoms with Crippen molar-refractivity contribution < 1.29 is 5.11 Å². The number of aromatic hydroxyl groups is 1. The van der Waals surface area contributed by atoms with Crippen LogP contribution in [-0.4, -0.2) is 5.11 Å². The fourth-order valence-corrected chi connectivity index (χ4v) is 2.60. The van der Waals surface area contributed by atoms with Crippen LogP contribution in [0.5, 0.6) is 5.75 Å². The first-order chi connectivity index (χ1) is 6.77. The Morgan fingerprint density at radius 3 is 2.57 bits per heavy atom. The van der Waals surface area contributed by atoms with Crippen LogP contribution >= 0.6 is 12.6 Å². The van der Waals surface area contributed by atoms with Crippen molar-refractivity contribution in [3.8, 4) is 5.75 Å². The summed E-state index contributed by atoms with van der Waals surface area (Å²) in [6.45, 7) is 0. The average Bonchev–Trinajstić information content (AvgIpc) is 2.23. The monoisotopic (exact) mass is 208 g/mol. The number of hydrogen-bond acceptors (Lipinski definition) is 2. The van der Waals surface area contributed by atoms with E-state index in [0.29, 0.717) is 11.7 Å². The number of thiol groups is 1. The molecule has 0 aromatic heterocycles. The molecule has 1 aromatic rings. The van der Waals surface area contributed by atoms with Crippen LogP contribution in [0, 0.1) is 0 Å². The normalized spacial score (nSPS) is 18.4. The van der Waals surface area contributed by atoms with Crippen LogP contribution in [0.4, 0.5) is 0 Å². The Kier molecular flexibility index (Phi) is 3.02. The minimum Gasteiger partial charge on any atom is -0.508 e. The largest absolute Gasteiger partial charge is 0.508 e. The summed E-state index contributed by atoms with van der Waals surface area (Å²) < 4.78 is 0. The SMILES string of the molecule is Oc1ccc(S)c(C2CCCCC2)c1. The quantitative estimate of drug-likeness (QED) is 0.674. The topological polar surface area (TPSA) is 20.2 Å². The number of hydrogen-bond donors (Lipinski definition) is 2. The van der Waals surface area contributed by atoms with Crippen molar-refractivity contribution in [3.05, 3.63) is 23.8 Å². The van der Waals surface area contributed by atoms with E-state index in [4.69, 9.17) is 0 Å². The lowest BCUT2D eigenvalue weighted by molar-refractivity contribution is 0.434. The summed E-state index contributed by atoms with van der Waals surface area (Å²) in [5.74, 6) is 0.978. The van der Waals surface area contributed by atoms with Crippen molar-refractivity contribution >= 4 is 12.6 Å². The minimum absolute atomic E-state index is 0.364. The molecule has 1 aliphatic carbocycles. The molecule has 1 aromatic carbocycles. The number of rotatable bonds is 1. The van der Waals surface area contributed by atoms with Gasteiger partial charge in [-0.15, -0.1) is 12.6 Å². The molecule has 1 saturated carbocycles. The van der Waals surface area contributed by atoms with E-state index in [0.717, 1.165) is 4.90 Å². The molecule has 0 radical (unpaired) electrons. The first kappa shape index (κ1) is 9.91. The zero-order chi connectivity index (χ0) is 9.97. The predicted octanol–water partition coefficient (Wildman–Crippen LogP) is 3.73. The summed E-state index contributed by atoms with van der Waals surface area (Å²) in [4.78, 5) is 1.02. The fraction of sp³-hybridized carbons (Fsp3) is 0.500. The van der Waals surface area contributed by atoms with E-state index in [-0.39, 0.29) is 0 Å². The molecule has 0 saturated heterocycles. The second-order valence-electron chi connectivity index (χ2n) is 4.08. The van der Waals surface area contributed by atoms with Gasteiger partial charge in [0, 0.05) is 4.90 Å². The lowest BCUT2D eigenvalue weighted by Crippen LogP contribution is -2.05. The maximum atomic E-state index is 9.43. The molecule has 2 heteroatoms. The second kappa shape index (κ2) is 4.26. The third kappa shape index (κ3) is 2.06. The highest BCUT2D eigenvalue weighted by Crippen LogP contribution is 2.36. The van der Waals surface area contributed by atoms with Crippen LogP contribution in [0.25, 0.3) is 0 Å². The van der Waals surface area contributed by atoms with Crippen molar-refractivity contribution in [1.82, 2.24) is 0 Å². The van der Waals surface area contributed by atoms with Gasteiger partial charge in [0.05, 0.1) is 0 Å². The van der Waals surface area contributed by atoms with Crippen molar-refractivity contribution in [2.45, 2.75) is 42.9 Å². The van der Waals surface area contributed by atoms with Gasteiger partial charge in [0.15, 0.2) is 0 Å². The molecule has 76 valence electrons. The molecular formula is C12H16OS. The van der Waals surface area contributed by atoms with Gasteiger partial charge in [-0.25, -0.2) is 0 Å². The molecule has 0 spiro atoms. The maximum Gasteiger partial charge on any atom is 0.115 e. The number of phenolic OH excluding ortho intramolecular Hbond substituents is 1. The average molecular weight is 208 g/mol.